The summed E-state index contributed by atoms with van der Waals surface area (Å²) >= 11 is 1.18. The van der Waals surface area contributed by atoms with Crippen molar-refractivity contribution in [1.82, 2.24) is 4.37 Å². The van der Waals surface area contributed by atoms with Crippen molar-refractivity contribution >= 4 is 28.3 Å². The van der Waals surface area contributed by atoms with E-state index in [1.54, 1.807) is 0 Å². The highest BCUT2D eigenvalue weighted by Crippen LogP contribution is 2.29. The van der Waals surface area contributed by atoms with Gasteiger partial charge >= 0.3 is 5.97 Å². The lowest BCUT2D eigenvalue weighted by molar-refractivity contribution is 0.0603. The summed E-state index contributed by atoms with van der Waals surface area (Å²) in [6, 6.07) is 0. The molecule has 0 radical (unpaired) electrons. The third-order valence-corrected chi connectivity index (χ3v) is 4.20. The van der Waals surface area contributed by atoms with Crippen LogP contribution in [0.4, 0.5) is 10.8 Å². The zero-order valence-electron chi connectivity index (χ0n) is 11.1. The van der Waals surface area contributed by atoms with E-state index in [1.165, 1.54) is 18.6 Å². The van der Waals surface area contributed by atoms with Gasteiger partial charge in [0.2, 0.25) is 0 Å². The Balaban J connectivity index is 2.02. The van der Waals surface area contributed by atoms with Gasteiger partial charge < -0.3 is 20.5 Å². The molecule has 1 fully saturated rings. The molecule has 0 amide bonds. The quantitative estimate of drug-likeness (QED) is 0.801. The maximum absolute atomic E-state index is 11.6. The zero-order valence-corrected chi connectivity index (χ0v) is 12.0. The Bertz CT molecular complexity index is 449. The largest absolute Gasteiger partial charge is 0.465 e. The van der Waals surface area contributed by atoms with E-state index in [0.29, 0.717) is 22.6 Å². The molecule has 0 bridgehead atoms. The van der Waals surface area contributed by atoms with Crippen molar-refractivity contribution in [3.05, 3.63) is 5.56 Å². The number of nitrogens with one attached hydrogen (secondary N) is 1. The molecule has 2 atom stereocenters. The zero-order chi connectivity index (χ0) is 13.8. The summed E-state index contributed by atoms with van der Waals surface area (Å²) in [6.07, 6.45) is 2.33. The number of hydrogen-bond acceptors (Lipinski definition) is 7. The van der Waals surface area contributed by atoms with Gasteiger partial charge in [0, 0.05) is 19.1 Å². The predicted molar refractivity (Wildman–Crippen MR) is 74.5 cm³/mol. The van der Waals surface area contributed by atoms with Crippen molar-refractivity contribution in [3.8, 4) is 0 Å². The number of methoxy groups -OCH3 is 1. The minimum absolute atomic E-state index is 0.217. The minimum atomic E-state index is -0.455. The van der Waals surface area contributed by atoms with Crippen LogP contribution in [-0.2, 0) is 9.47 Å². The SMILES string of the molecule is CCC1OCCC1CNc1snc(N)c1C(=O)OC. The van der Waals surface area contributed by atoms with Gasteiger partial charge in [0.1, 0.15) is 10.6 Å². The lowest BCUT2D eigenvalue weighted by Gasteiger charge is -2.17. The summed E-state index contributed by atoms with van der Waals surface area (Å²) in [5.41, 5.74) is 6.02. The second-order valence-electron chi connectivity index (χ2n) is 4.51. The van der Waals surface area contributed by atoms with Crippen LogP contribution in [0.2, 0.25) is 0 Å². The van der Waals surface area contributed by atoms with E-state index in [-0.39, 0.29) is 5.82 Å². The van der Waals surface area contributed by atoms with E-state index in [9.17, 15) is 4.79 Å². The Kier molecular flexibility index (Phi) is 4.60. The Hall–Kier alpha value is -1.34. The lowest BCUT2D eigenvalue weighted by Crippen LogP contribution is -2.23. The number of esters is 1. The second kappa shape index (κ2) is 6.21. The predicted octanol–water partition coefficient (Wildman–Crippen LogP) is 1.74. The van der Waals surface area contributed by atoms with Crippen molar-refractivity contribution in [2.75, 3.05) is 31.3 Å². The van der Waals surface area contributed by atoms with Gasteiger partial charge in [-0.25, -0.2) is 4.79 Å². The molecule has 1 aromatic heterocycles. The van der Waals surface area contributed by atoms with Gasteiger partial charge in [0.05, 0.1) is 13.2 Å². The van der Waals surface area contributed by atoms with Crippen molar-refractivity contribution in [2.45, 2.75) is 25.9 Å². The molecule has 2 rings (SSSR count). The van der Waals surface area contributed by atoms with Crippen molar-refractivity contribution in [2.24, 2.45) is 5.92 Å². The molecule has 0 spiro atoms. The van der Waals surface area contributed by atoms with Crippen LogP contribution in [0.1, 0.15) is 30.1 Å². The first-order valence-corrected chi connectivity index (χ1v) is 7.13. The number of ether oxygens (including phenoxy) is 2. The van der Waals surface area contributed by atoms with Crippen LogP contribution in [0.3, 0.4) is 0 Å². The van der Waals surface area contributed by atoms with E-state index in [1.807, 2.05) is 0 Å². The van der Waals surface area contributed by atoms with Crippen molar-refractivity contribution in [3.63, 3.8) is 0 Å². The topological polar surface area (TPSA) is 86.5 Å². The summed E-state index contributed by atoms with van der Waals surface area (Å²) in [5.74, 6) is 0.219. The highest BCUT2D eigenvalue weighted by molar-refractivity contribution is 7.11. The number of carbonyl (C=O) groups is 1. The van der Waals surface area contributed by atoms with Gasteiger partial charge in [-0.3, -0.25) is 0 Å². The number of aromatic nitrogens is 1. The highest BCUT2D eigenvalue weighted by atomic mass is 32.1. The van der Waals surface area contributed by atoms with Crippen molar-refractivity contribution in [1.29, 1.82) is 0 Å². The van der Waals surface area contributed by atoms with Crippen LogP contribution >= 0.6 is 11.5 Å². The highest BCUT2D eigenvalue weighted by Gasteiger charge is 2.27. The maximum Gasteiger partial charge on any atom is 0.344 e. The van der Waals surface area contributed by atoms with E-state index in [4.69, 9.17) is 15.2 Å². The van der Waals surface area contributed by atoms with Crippen LogP contribution in [0.5, 0.6) is 0 Å². The Morgan fingerprint density at radius 1 is 1.68 bits per heavy atom. The van der Waals surface area contributed by atoms with Gasteiger partial charge in [0.15, 0.2) is 5.82 Å². The van der Waals surface area contributed by atoms with Gasteiger partial charge in [0.25, 0.3) is 0 Å². The van der Waals surface area contributed by atoms with Gasteiger partial charge in [-0.2, -0.15) is 4.37 Å². The van der Waals surface area contributed by atoms with Gasteiger partial charge in [-0.15, -0.1) is 0 Å². The first-order chi connectivity index (χ1) is 9.17. The van der Waals surface area contributed by atoms with E-state index in [2.05, 4.69) is 16.6 Å². The molecule has 7 heteroatoms. The van der Waals surface area contributed by atoms with Crippen LogP contribution < -0.4 is 11.1 Å². The molecule has 1 aliphatic rings. The fourth-order valence-electron chi connectivity index (χ4n) is 2.32. The number of hydrogen-bond donors (Lipinski definition) is 2. The molecule has 1 aromatic rings. The molecule has 0 saturated carbocycles. The summed E-state index contributed by atoms with van der Waals surface area (Å²) in [7, 11) is 1.33. The average Bonchev–Trinajstić information content (AvgIpc) is 3.01. The molecule has 0 aromatic carbocycles. The summed E-state index contributed by atoms with van der Waals surface area (Å²) in [6.45, 7) is 3.68. The molecule has 1 aliphatic heterocycles. The first kappa shape index (κ1) is 14.1. The normalized spacial score (nSPS) is 22.4. The number of anilines is 2. The molecule has 2 unspecified atom stereocenters. The van der Waals surface area contributed by atoms with E-state index in [0.717, 1.165) is 26.0 Å². The Morgan fingerprint density at radius 2 is 2.47 bits per heavy atom. The Morgan fingerprint density at radius 3 is 3.16 bits per heavy atom. The summed E-state index contributed by atoms with van der Waals surface area (Å²) in [5, 5.41) is 3.92. The summed E-state index contributed by atoms with van der Waals surface area (Å²) < 4.78 is 14.3. The van der Waals surface area contributed by atoms with Crippen LogP contribution in [-0.4, -0.2) is 36.7 Å². The number of carbonyl (C=O) groups excluding carboxylic acids is 1. The summed E-state index contributed by atoms with van der Waals surface area (Å²) in [4.78, 5) is 11.6. The molecule has 1 saturated heterocycles. The lowest BCUT2D eigenvalue weighted by atomic mass is 10.00. The maximum atomic E-state index is 11.6. The molecule has 0 aliphatic carbocycles. The molecule has 6 nitrogen and oxygen atoms in total. The second-order valence-corrected chi connectivity index (χ2v) is 5.28. The van der Waals surface area contributed by atoms with Crippen molar-refractivity contribution < 1.29 is 14.3 Å². The van der Waals surface area contributed by atoms with E-state index >= 15 is 0 Å². The van der Waals surface area contributed by atoms with Crippen LogP contribution in [0.25, 0.3) is 0 Å². The molecular formula is C12H19N3O3S. The third-order valence-electron chi connectivity index (χ3n) is 3.38. The molecule has 19 heavy (non-hydrogen) atoms. The monoisotopic (exact) mass is 285 g/mol. The standard InChI is InChI=1S/C12H19N3O3S/c1-3-8-7(4-5-18-8)6-14-11-9(12(16)17-2)10(13)15-19-11/h7-8,14H,3-6H2,1-2H3,(H2,13,15). The first-order valence-electron chi connectivity index (χ1n) is 6.36. The minimum Gasteiger partial charge on any atom is -0.465 e. The number of nitrogens with zero attached hydrogens (tertiary/aromatic N) is 1. The number of nitrogen functional groups attached to an aromatic ring is 1. The molecular weight excluding hydrogens is 266 g/mol. The van der Waals surface area contributed by atoms with Crippen LogP contribution in [0, 0.1) is 5.92 Å². The Labute approximate surface area is 116 Å². The molecule has 106 valence electrons. The smallest absolute Gasteiger partial charge is 0.344 e. The van der Waals surface area contributed by atoms with Crippen LogP contribution in [0.15, 0.2) is 0 Å². The van der Waals surface area contributed by atoms with Gasteiger partial charge in [-0.05, 0) is 24.4 Å². The third kappa shape index (κ3) is 2.98. The number of nitrogens with two attached hydrogens (primary N) is 1. The van der Waals surface area contributed by atoms with Gasteiger partial charge in [-0.1, -0.05) is 6.92 Å². The average molecular weight is 285 g/mol. The fraction of sp³-hybridized carbons (Fsp3) is 0.667. The number of rotatable bonds is 5. The van der Waals surface area contributed by atoms with E-state index < -0.39 is 5.97 Å². The molecule has 2 heterocycles. The fourth-order valence-corrected chi connectivity index (χ4v) is 3.03. The molecule has 3 N–H and O–H groups in total.